The summed E-state index contributed by atoms with van der Waals surface area (Å²) < 4.78 is 15.5. The molecule has 3 N–H and O–H groups in total. The molecule has 3 aromatic rings. The number of rotatable bonds is 10. The molecule has 0 fully saturated rings. The summed E-state index contributed by atoms with van der Waals surface area (Å²) in [5, 5.41) is 9.81. The Bertz CT molecular complexity index is 1020. The molecule has 2 aromatic carbocycles. The van der Waals surface area contributed by atoms with Crippen molar-refractivity contribution in [3.8, 4) is 0 Å². The maximum absolute atomic E-state index is 13.6. The van der Waals surface area contributed by atoms with Crippen molar-refractivity contribution in [1.29, 1.82) is 0 Å². The highest BCUT2D eigenvalue weighted by molar-refractivity contribution is 6.30. The number of benzene rings is 2. The fourth-order valence-corrected chi connectivity index (χ4v) is 3.66. The molecule has 31 heavy (non-hydrogen) atoms. The molecule has 0 bridgehead atoms. The monoisotopic (exact) mass is 443 g/mol. The van der Waals surface area contributed by atoms with Crippen LogP contribution in [0.2, 0.25) is 5.02 Å². The first-order valence-corrected chi connectivity index (χ1v) is 10.1. The topological polar surface area (TPSA) is 90.4 Å². The normalized spacial score (nSPS) is 13.7. The Morgan fingerprint density at radius 3 is 2.68 bits per heavy atom. The molecule has 0 saturated carbocycles. The first-order valence-electron chi connectivity index (χ1n) is 9.74. The molecule has 0 spiro atoms. The van der Waals surface area contributed by atoms with Crippen LogP contribution < -0.4 is 5.90 Å². The van der Waals surface area contributed by atoms with E-state index >= 15 is 0 Å². The molecule has 8 heteroatoms. The van der Waals surface area contributed by atoms with Gasteiger partial charge in [0.2, 0.25) is 0 Å². The molecular formula is C23H23ClFN3O3. The van der Waals surface area contributed by atoms with Gasteiger partial charge in [-0.15, -0.1) is 0 Å². The van der Waals surface area contributed by atoms with E-state index in [0.717, 1.165) is 16.7 Å². The number of carboxylic acids is 1. The molecule has 1 heterocycles. The number of hydrogen-bond donors (Lipinski definition) is 2. The van der Waals surface area contributed by atoms with Crippen LogP contribution in [-0.2, 0) is 16.1 Å². The summed E-state index contributed by atoms with van der Waals surface area (Å²) >= 11 is 6.17. The van der Waals surface area contributed by atoms with Gasteiger partial charge >= 0.3 is 5.97 Å². The lowest BCUT2D eigenvalue weighted by Gasteiger charge is -2.23. The molecule has 6 nitrogen and oxygen atoms in total. The van der Waals surface area contributed by atoms with E-state index in [4.69, 9.17) is 17.5 Å². The zero-order valence-corrected chi connectivity index (χ0v) is 17.5. The van der Waals surface area contributed by atoms with Gasteiger partial charge < -0.3 is 9.67 Å². The minimum atomic E-state index is -1.12. The number of carboxylic acid groups (broad SMARTS) is 1. The number of imidazole rings is 1. The Labute approximate surface area is 184 Å². The number of aliphatic carboxylic acids is 1. The zero-order chi connectivity index (χ0) is 22.2. The average molecular weight is 444 g/mol. The summed E-state index contributed by atoms with van der Waals surface area (Å²) in [6.45, 7) is 0. The third-order valence-electron chi connectivity index (χ3n) is 4.97. The molecule has 1 aromatic heterocycles. The second-order valence-electron chi connectivity index (χ2n) is 7.07. The Kier molecular flexibility index (Phi) is 7.94. The molecule has 0 aliphatic carbocycles. The summed E-state index contributed by atoms with van der Waals surface area (Å²) in [6.07, 6.45) is 7.31. The lowest BCUT2D eigenvalue weighted by molar-refractivity contribution is -0.151. The maximum Gasteiger partial charge on any atom is 0.334 e. The van der Waals surface area contributed by atoms with Gasteiger partial charge in [0.1, 0.15) is 5.82 Å². The fraction of sp³-hybridized carbons (Fsp3) is 0.217. The SMILES string of the molecule is NOC(CCC=C(c1ccc(F)cc1)C(Cc1cccc(Cl)c1)n1ccnc1)C(=O)O. The molecule has 0 aliphatic heterocycles. The van der Waals surface area contributed by atoms with Crippen LogP contribution >= 0.6 is 11.6 Å². The fourth-order valence-electron chi connectivity index (χ4n) is 3.45. The summed E-state index contributed by atoms with van der Waals surface area (Å²) in [7, 11) is 0. The number of nitrogens with two attached hydrogens (primary N) is 1. The highest BCUT2D eigenvalue weighted by Crippen LogP contribution is 2.32. The molecule has 162 valence electrons. The van der Waals surface area contributed by atoms with Crippen LogP contribution in [0, 0.1) is 5.82 Å². The van der Waals surface area contributed by atoms with E-state index in [1.54, 1.807) is 24.7 Å². The minimum Gasteiger partial charge on any atom is -0.479 e. The van der Waals surface area contributed by atoms with Crippen molar-refractivity contribution in [2.75, 3.05) is 0 Å². The van der Waals surface area contributed by atoms with Crippen molar-refractivity contribution in [1.82, 2.24) is 9.55 Å². The van der Waals surface area contributed by atoms with Crippen LogP contribution in [0.4, 0.5) is 4.39 Å². The van der Waals surface area contributed by atoms with Gasteiger partial charge in [-0.05, 0) is 60.2 Å². The maximum atomic E-state index is 13.6. The number of carbonyl (C=O) groups is 1. The standard InChI is InChI=1S/C23H23ClFN3O3/c24-18-4-1-3-16(13-18)14-21(28-12-11-27-15-28)20(17-7-9-19(25)10-8-17)5-2-6-22(31-26)23(29)30/h1,3-5,7-13,15,21-22H,2,6,14,26H2,(H,29,30). The summed E-state index contributed by atoms with van der Waals surface area (Å²) in [5.74, 6) is 3.65. The quantitative estimate of drug-likeness (QED) is 0.444. The second-order valence-corrected chi connectivity index (χ2v) is 7.50. The molecule has 0 aliphatic rings. The van der Waals surface area contributed by atoms with Crippen molar-refractivity contribution in [2.24, 2.45) is 5.90 Å². The number of aromatic nitrogens is 2. The zero-order valence-electron chi connectivity index (χ0n) is 16.7. The van der Waals surface area contributed by atoms with E-state index in [1.165, 1.54) is 12.1 Å². The molecule has 2 unspecified atom stereocenters. The first kappa shape index (κ1) is 22.7. The van der Waals surface area contributed by atoms with Crippen molar-refractivity contribution in [3.05, 3.63) is 95.3 Å². The van der Waals surface area contributed by atoms with Crippen LogP contribution in [0.15, 0.2) is 73.3 Å². The second kappa shape index (κ2) is 10.9. The van der Waals surface area contributed by atoms with E-state index in [0.29, 0.717) is 17.9 Å². The summed E-state index contributed by atoms with van der Waals surface area (Å²) in [5.41, 5.74) is 2.75. The van der Waals surface area contributed by atoms with E-state index < -0.39 is 12.1 Å². The van der Waals surface area contributed by atoms with Gasteiger partial charge in [0.15, 0.2) is 6.10 Å². The van der Waals surface area contributed by atoms with Crippen LogP contribution in [0.1, 0.15) is 30.0 Å². The van der Waals surface area contributed by atoms with Crippen LogP contribution in [0.3, 0.4) is 0 Å². The smallest absolute Gasteiger partial charge is 0.334 e. The average Bonchev–Trinajstić information content (AvgIpc) is 3.28. The molecule has 0 radical (unpaired) electrons. The van der Waals surface area contributed by atoms with E-state index in [-0.39, 0.29) is 18.3 Å². The van der Waals surface area contributed by atoms with Crippen molar-refractivity contribution < 1.29 is 19.1 Å². The van der Waals surface area contributed by atoms with Gasteiger partial charge in [-0.25, -0.2) is 20.1 Å². The van der Waals surface area contributed by atoms with Crippen LogP contribution in [0.25, 0.3) is 5.57 Å². The molecule has 0 amide bonds. The summed E-state index contributed by atoms with van der Waals surface area (Å²) in [6, 6.07) is 13.6. The number of hydrogen-bond acceptors (Lipinski definition) is 4. The predicted octanol–water partition coefficient (Wildman–Crippen LogP) is 4.67. The van der Waals surface area contributed by atoms with Crippen LogP contribution in [0.5, 0.6) is 0 Å². The van der Waals surface area contributed by atoms with Gasteiger partial charge in [0.05, 0.1) is 12.4 Å². The van der Waals surface area contributed by atoms with Gasteiger partial charge in [-0.1, -0.05) is 41.9 Å². The van der Waals surface area contributed by atoms with E-state index in [2.05, 4.69) is 9.82 Å². The first-order chi connectivity index (χ1) is 15.0. The number of halogens is 2. The third-order valence-corrected chi connectivity index (χ3v) is 5.21. The van der Waals surface area contributed by atoms with Gasteiger partial charge in [0, 0.05) is 17.4 Å². The summed E-state index contributed by atoms with van der Waals surface area (Å²) in [4.78, 5) is 19.9. The van der Waals surface area contributed by atoms with Crippen molar-refractivity contribution >= 4 is 23.1 Å². The van der Waals surface area contributed by atoms with Crippen molar-refractivity contribution in [3.63, 3.8) is 0 Å². The Morgan fingerprint density at radius 1 is 1.29 bits per heavy atom. The van der Waals surface area contributed by atoms with Gasteiger partial charge in [-0.2, -0.15) is 0 Å². The highest BCUT2D eigenvalue weighted by Gasteiger charge is 2.21. The van der Waals surface area contributed by atoms with Crippen molar-refractivity contribution in [2.45, 2.75) is 31.4 Å². The van der Waals surface area contributed by atoms with Gasteiger partial charge in [0.25, 0.3) is 0 Å². The third kappa shape index (κ3) is 6.24. The molecule has 0 saturated heterocycles. The molecule has 2 atom stereocenters. The van der Waals surface area contributed by atoms with E-state index in [9.17, 15) is 14.3 Å². The van der Waals surface area contributed by atoms with Gasteiger partial charge in [-0.3, -0.25) is 4.84 Å². The Balaban J connectivity index is 1.99. The lowest BCUT2D eigenvalue weighted by atomic mass is 9.91. The minimum absolute atomic E-state index is 0.173. The lowest BCUT2D eigenvalue weighted by Crippen LogP contribution is -2.26. The highest BCUT2D eigenvalue weighted by atomic mass is 35.5. The Morgan fingerprint density at radius 2 is 2.06 bits per heavy atom. The predicted molar refractivity (Wildman–Crippen MR) is 117 cm³/mol. The Hall–Kier alpha value is -3.00. The largest absolute Gasteiger partial charge is 0.479 e. The number of allylic oxidation sites excluding steroid dienone is 2. The molecular weight excluding hydrogens is 421 g/mol. The van der Waals surface area contributed by atoms with E-state index in [1.807, 2.05) is 41.1 Å². The number of nitrogens with zero attached hydrogens (tertiary/aromatic N) is 2. The van der Waals surface area contributed by atoms with Crippen LogP contribution in [-0.4, -0.2) is 26.7 Å². The molecule has 3 rings (SSSR count).